The predicted octanol–water partition coefficient (Wildman–Crippen LogP) is 0.660. The van der Waals surface area contributed by atoms with Crippen molar-refractivity contribution in [3.05, 3.63) is 0 Å². The van der Waals surface area contributed by atoms with Gasteiger partial charge in [0.05, 0.1) is 0 Å². The molecule has 0 amide bonds. The van der Waals surface area contributed by atoms with E-state index < -0.39 is 6.17 Å². The summed E-state index contributed by atoms with van der Waals surface area (Å²) in [7, 11) is 0. The Morgan fingerprint density at radius 1 is 1.71 bits per heavy atom. The second-order valence-corrected chi connectivity index (χ2v) is 1.95. The van der Waals surface area contributed by atoms with Gasteiger partial charge in [0, 0.05) is 13.1 Å². The van der Waals surface area contributed by atoms with Crippen LogP contribution in [0.3, 0.4) is 0 Å². The number of hydrogen-bond donors (Lipinski definition) is 0. The maximum atomic E-state index is 11.9. The van der Waals surface area contributed by atoms with E-state index in [4.69, 9.17) is 0 Å². The molecule has 1 nitrogen and oxygen atoms in total. The summed E-state index contributed by atoms with van der Waals surface area (Å²) in [6.45, 7) is 4.37. The van der Waals surface area contributed by atoms with Crippen LogP contribution in [0.15, 0.2) is 0 Å². The van der Waals surface area contributed by atoms with Crippen LogP contribution in [0.5, 0.6) is 0 Å². The van der Waals surface area contributed by atoms with Crippen molar-refractivity contribution in [1.82, 2.24) is 4.90 Å². The molecule has 1 rings (SSSR count). The van der Waals surface area contributed by atoms with Gasteiger partial charge in [-0.1, -0.05) is 6.92 Å². The van der Waals surface area contributed by atoms with Gasteiger partial charge in [-0.2, -0.15) is 0 Å². The van der Waals surface area contributed by atoms with Crippen molar-refractivity contribution >= 4 is 0 Å². The molecule has 0 N–H and O–H groups in total. The minimum absolute atomic E-state index is 0.528. The molecule has 0 spiro atoms. The van der Waals surface area contributed by atoms with Crippen molar-refractivity contribution in [2.24, 2.45) is 0 Å². The first-order chi connectivity index (χ1) is 3.33. The Morgan fingerprint density at radius 2 is 2.29 bits per heavy atom. The van der Waals surface area contributed by atoms with Gasteiger partial charge in [0.25, 0.3) is 0 Å². The first-order valence-electron chi connectivity index (χ1n) is 2.69. The Hall–Kier alpha value is -0.110. The molecule has 1 saturated heterocycles. The Bertz CT molecular complexity index is 59.1. The molecule has 0 unspecified atom stereocenters. The van der Waals surface area contributed by atoms with E-state index in [1.165, 1.54) is 0 Å². The first-order valence-corrected chi connectivity index (χ1v) is 2.69. The summed E-state index contributed by atoms with van der Waals surface area (Å²) in [6.07, 6.45) is -0.528. The van der Waals surface area contributed by atoms with E-state index in [9.17, 15) is 4.39 Å². The lowest BCUT2D eigenvalue weighted by atomic mass is 10.2. The minimum atomic E-state index is -0.528. The summed E-state index contributed by atoms with van der Waals surface area (Å²) >= 11 is 0. The molecule has 7 heavy (non-hydrogen) atoms. The molecule has 1 heterocycles. The van der Waals surface area contributed by atoms with Crippen LogP contribution in [-0.2, 0) is 0 Å². The van der Waals surface area contributed by atoms with Gasteiger partial charge in [0.1, 0.15) is 6.17 Å². The van der Waals surface area contributed by atoms with E-state index in [0.29, 0.717) is 13.1 Å². The van der Waals surface area contributed by atoms with E-state index in [1.807, 2.05) is 6.92 Å². The molecule has 1 fully saturated rings. The summed E-state index contributed by atoms with van der Waals surface area (Å²) in [5.74, 6) is 0. The average molecular weight is 103 g/mol. The van der Waals surface area contributed by atoms with Crippen LogP contribution in [0.25, 0.3) is 0 Å². The van der Waals surface area contributed by atoms with Gasteiger partial charge in [-0.25, -0.2) is 4.39 Å². The molecule has 0 aromatic carbocycles. The van der Waals surface area contributed by atoms with Gasteiger partial charge in [-0.15, -0.1) is 0 Å². The van der Waals surface area contributed by atoms with Crippen LogP contribution in [-0.4, -0.2) is 30.7 Å². The Kier molecular flexibility index (Phi) is 1.28. The number of nitrogens with zero attached hydrogens (tertiary/aromatic N) is 1. The largest absolute Gasteiger partial charge is 0.298 e. The summed E-state index contributed by atoms with van der Waals surface area (Å²) in [4.78, 5) is 2.07. The van der Waals surface area contributed by atoms with E-state index >= 15 is 0 Å². The predicted molar refractivity (Wildman–Crippen MR) is 27.0 cm³/mol. The summed E-state index contributed by atoms with van der Waals surface area (Å²) in [5, 5.41) is 0. The molecule has 0 aliphatic carbocycles. The highest BCUT2D eigenvalue weighted by atomic mass is 19.1. The third-order valence-electron chi connectivity index (χ3n) is 1.36. The number of alkyl halides is 1. The monoisotopic (exact) mass is 103 g/mol. The average Bonchev–Trinajstić information content (AvgIpc) is 1.58. The molecule has 0 saturated carbocycles. The maximum Gasteiger partial charge on any atom is 0.125 e. The summed E-state index contributed by atoms with van der Waals surface area (Å²) in [5.41, 5.74) is 0. The highest BCUT2D eigenvalue weighted by Gasteiger charge is 2.23. The summed E-state index contributed by atoms with van der Waals surface area (Å²) in [6, 6.07) is 0. The molecule has 1 aliphatic rings. The minimum Gasteiger partial charge on any atom is -0.298 e. The standard InChI is InChI=1S/C5H10FN/c1-2-7-3-5(6)4-7/h5H,2-4H2,1H3. The summed E-state index contributed by atoms with van der Waals surface area (Å²) < 4.78 is 11.9. The normalized spacial score (nSPS) is 24.9. The third kappa shape index (κ3) is 0.911. The lowest BCUT2D eigenvalue weighted by Crippen LogP contribution is -2.47. The van der Waals surface area contributed by atoms with Crippen molar-refractivity contribution in [2.75, 3.05) is 19.6 Å². The lowest BCUT2D eigenvalue weighted by Gasteiger charge is -2.32. The van der Waals surface area contributed by atoms with Crippen molar-refractivity contribution in [1.29, 1.82) is 0 Å². The topological polar surface area (TPSA) is 3.24 Å². The van der Waals surface area contributed by atoms with E-state index in [2.05, 4.69) is 4.90 Å². The first kappa shape index (κ1) is 5.04. The van der Waals surface area contributed by atoms with Crippen molar-refractivity contribution in [3.8, 4) is 0 Å². The van der Waals surface area contributed by atoms with Crippen LogP contribution in [0.1, 0.15) is 6.92 Å². The molecule has 0 aromatic rings. The Morgan fingerprint density at radius 3 is 2.43 bits per heavy atom. The third-order valence-corrected chi connectivity index (χ3v) is 1.36. The molecular weight excluding hydrogens is 93.1 g/mol. The second kappa shape index (κ2) is 1.78. The number of likely N-dealkylation sites (tertiary alicyclic amines) is 1. The van der Waals surface area contributed by atoms with Gasteiger partial charge in [-0.3, -0.25) is 4.90 Å². The molecule has 0 aromatic heterocycles. The van der Waals surface area contributed by atoms with Gasteiger partial charge in [0.2, 0.25) is 0 Å². The number of rotatable bonds is 1. The molecule has 0 radical (unpaired) electrons. The van der Waals surface area contributed by atoms with Gasteiger partial charge in [0.15, 0.2) is 0 Å². The highest BCUT2D eigenvalue weighted by Crippen LogP contribution is 2.08. The van der Waals surface area contributed by atoms with Gasteiger partial charge >= 0.3 is 0 Å². The Balaban J connectivity index is 2.06. The van der Waals surface area contributed by atoms with E-state index in [-0.39, 0.29) is 0 Å². The molecule has 42 valence electrons. The maximum absolute atomic E-state index is 11.9. The Labute approximate surface area is 43.1 Å². The van der Waals surface area contributed by atoms with Crippen LogP contribution in [0.4, 0.5) is 4.39 Å². The molecule has 0 atom stereocenters. The van der Waals surface area contributed by atoms with Crippen molar-refractivity contribution in [3.63, 3.8) is 0 Å². The smallest absolute Gasteiger partial charge is 0.125 e. The second-order valence-electron chi connectivity index (χ2n) is 1.95. The van der Waals surface area contributed by atoms with Crippen LogP contribution < -0.4 is 0 Å². The number of hydrogen-bond acceptors (Lipinski definition) is 1. The number of halogens is 1. The zero-order chi connectivity index (χ0) is 5.28. The van der Waals surface area contributed by atoms with Crippen molar-refractivity contribution < 1.29 is 4.39 Å². The molecule has 2 heteroatoms. The van der Waals surface area contributed by atoms with E-state index in [0.717, 1.165) is 6.54 Å². The molecule has 0 bridgehead atoms. The van der Waals surface area contributed by atoms with E-state index in [1.54, 1.807) is 0 Å². The fourth-order valence-corrected chi connectivity index (χ4v) is 0.765. The molecule has 1 aliphatic heterocycles. The lowest BCUT2D eigenvalue weighted by molar-refractivity contribution is 0.0712. The fourth-order valence-electron chi connectivity index (χ4n) is 0.765. The van der Waals surface area contributed by atoms with Gasteiger partial charge < -0.3 is 0 Å². The highest BCUT2D eigenvalue weighted by molar-refractivity contribution is 4.77. The molecular formula is C5H10FN. The zero-order valence-electron chi connectivity index (χ0n) is 4.52. The van der Waals surface area contributed by atoms with Crippen molar-refractivity contribution in [2.45, 2.75) is 13.1 Å². The fraction of sp³-hybridized carbons (Fsp3) is 1.00. The van der Waals surface area contributed by atoms with Crippen LogP contribution >= 0.6 is 0 Å². The van der Waals surface area contributed by atoms with Crippen LogP contribution in [0, 0.1) is 0 Å². The quantitative estimate of drug-likeness (QED) is 0.471. The SMILES string of the molecule is CCN1CC(F)C1. The van der Waals surface area contributed by atoms with Gasteiger partial charge in [-0.05, 0) is 6.54 Å². The van der Waals surface area contributed by atoms with Crippen LogP contribution in [0.2, 0.25) is 0 Å². The zero-order valence-corrected chi connectivity index (χ0v) is 4.52.